The number of carbonyl (C=O) groups excluding carboxylic acids is 2. The summed E-state index contributed by atoms with van der Waals surface area (Å²) in [5, 5.41) is 21.3. The van der Waals surface area contributed by atoms with Gasteiger partial charge in [-0.1, -0.05) is 42.5 Å². The zero-order chi connectivity index (χ0) is 34.8. The van der Waals surface area contributed by atoms with Gasteiger partial charge in [0.15, 0.2) is 0 Å². The summed E-state index contributed by atoms with van der Waals surface area (Å²) in [6.07, 6.45) is 0.732. The van der Waals surface area contributed by atoms with Crippen LogP contribution in [0.3, 0.4) is 0 Å². The number of hydrogen-bond acceptors (Lipinski definition) is 8. The summed E-state index contributed by atoms with van der Waals surface area (Å²) in [6.45, 7) is 1.35. The largest absolute Gasteiger partial charge is 0.490 e. The zero-order valence-corrected chi connectivity index (χ0v) is 26.3. The first-order valence-corrected chi connectivity index (χ1v) is 16.5. The Morgan fingerprint density at radius 1 is 1.13 bits per heavy atom. The Morgan fingerprint density at radius 3 is 2.43 bits per heavy atom. The number of amides is 2. The Bertz CT molecular complexity index is 1650. The van der Waals surface area contributed by atoms with Gasteiger partial charge in [0.1, 0.15) is 15.9 Å². The smallest absolute Gasteiger partial charge is 0.480 e. The number of carbonyl (C=O) groups is 4. The van der Waals surface area contributed by atoms with Crippen LogP contribution in [-0.2, 0) is 42.0 Å². The number of fused-ring (bicyclic) bond motifs is 1. The van der Waals surface area contributed by atoms with Gasteiger partial charge in [0.25, 0.3) is 0 Å². The van der Waals surface area contributed by atoms with E-state index >= 15 is 0 Å². The first-order chi connectivity index (χ1) is 22.0. The molecule has 0 saturated carbocycles. The van der Waals surface area contributed by atoms with Gasteiger partial charge in [0.05, 0.1) is 25.0 Å². The van der Waals surface area contributed by atoms with Crippen molar-refractivity contribution in [2.45, 2.75) is 50.5 Å². The van der Waals surface area contributed by atoms with Gasteiger partial charge >= 0.3 is 18.1 Å². The lowest BCUT2D eigenvalue weighted by Crippen LogP contribution is -2.49. The van der Waals surface area contributed by atoms with E-state index in [1.54, 1.807) is 6.20 Å². The van der Waals surface area contributed by atoms with E-state index in [2.05, 4.69) is 15.3 Å². The number of aliphatic carboxylic acids is 2. The number of alkyl halides is 3. The average Bonchev–Trinajstić information content (AvgIpc) is 3.67. The van der Waals surface area contributed by atoms with Gasteiger partial charge in [0, 0.05) is 43.8 Å². The molecule has 2 heterocycles. The average molecular weight is 684 g/mol. The lowest BCUT2D eigenvalue weighted by Gasteiger charge is -2.31. The Kier molecular flexibility index (Phi) is 12.9. The number of aromatic amines is 1. The van der Waals surface area contributed by atoms with Crippen molar-refractivity contribution in [3.8, 4) is 0 Å². The van der Waals surface area contributed by atoms with Crippen molar-refractivity contribution >= 4 is 44.4 Å². The van der Waals surface area contributed by atoms with Gasteiger partial charge in [-0.25, -0.2) is 23.0 Å². The SMILES string of the molecule is CS(=O)(=O)CC[C@H](NC(=O)CN(Cc1cccc2ccccc12)C[C@@H]1CCCN1C(=O)Cc1cnc[nH]1)C(=O)O.O=C(O)C(F)(F)F. The normalized spacial score (nSPS) is 15.6. The van der Waals surface area contributed by atoms with Crippen molar-refractivity contribution in [1.82, 2.24) is 25.1 Å². The second kappa shape index (κ2) is 16.4. The number of nitrogens with one attached hydrogen (secondary N) is 2. The summed E-state index contributed by atoms with van der Waals surface area (Å²) >= 11 is 0. The van der Waals surface area contributed by atoms with Crippen LogP contribution in [0.4, 0.5) is 13.2 Å². The van der Waals surface area contributed by atoms with E-state index in [9.17, 15) is 41.1 Å². The van der Waals surface area contributed by atoms with Crippen LogP contribution in [0.2, 0.25) is 0 Å². The van der Waals surface area contributed by atoms with Crippen LogP contribution in [0, 0.1) is 0 Å². The van der Waals surface area contributed by atoms with Crippen LogP contribution in [0.25, 0.3) is 10.8 Å². The van der Waals surface area contributed by atoms with E-state index < -0.39 is 39.9 Å². The molecule has 3 aromatic rings. The number of likely N-dealkylation sites (tertiary alicyclic amines) is 1. The van der Waals surface area contributed by atoms with Gasteiger partial charge in [-0.3, -0.25) is 14.5 Å². The predicted molar refractivity (Wildman–Crippen MR) is 164 cm³/mol. The highest BCUT2D eigenvalue weighted by molar-refractivity contribution is 7.90. The van der Waals surface area contributed by atoms with Gasteiger partial charge in [-0.2, -0.15) is 13.2 Å². The number of hydrogen-bond donors (Lipinski definition) is 4. The summed E-state index contributed by atoms with van der Waals surface area (Å²) in [5.74, 6) is -4.93. The summed E-state index contributed by atoms with van der Waals surface area (Å²) in [6, 6.07) is 12.5. The number of carboxylic acids is 2. The van der Waals surface area contributed by atoms with Crippen molar-refractivity contribution in [3.63, 3.8) is 0 Å². The Balaban J connectivity index is 0.000000771. The van der Waals surface area contributed by atoms with Crippen LogP contribution in [0.15, 0.2) is 55.0 Å². The molecule has 47 heavy (non-hydrogen) atoms. The highest BCUT2D eigenvalue weighted by atomic mass is 32.2. The van der Waals surface area contributed by atoms with Gasteiger partial charge < -0.3 is 25.4 Å². The number of halogens is 3. The minimum atomic E-state index is -5.08. The van der Waals surface area contributed by atoms with Crippen LogP contribution in [0.5, 0.6) is 0 Å². The fourth-order valence-corrected chi connectivity index (χ4v) is 5.85. The van der Waals surface area contributed by atoms with E-state index in [0.29, 0.717) is 19.6 Å². The lowest BCUT2D eigenvalue weighted by atomic mass is 10.0. The molecule has 1 aliphatic heterocycles. The Morgan fingerprint density at radius 2 is 1.81 bits per heavy atom. The summed E-state index contributed by atoms with van der Waals surface area (Å²) in [5.41, 5.74) is 1.74. The number of rotatable bonds is 13. The molecule has 1 aliphatic rings. The van der Waals surface area contributed by atoms with E-state index in [1.807, 2.05) is 52.3 Å². The molecule has 0 radical (unpaired) electrons. The molecule has 256 valence electrons. The topological polar surface area (TPSA) is 190 Å². The third-order valence-corrected chi connectivity index (χ3v) is 8.33. The molecule has 17 heteroatoms. The van der Waals surface area contributed by atoms with E-state index in [-0.39, 0.29) is 37.1 Å². The molecule has 0 aliphatic carbocycles. The molecule has 0 bridgehead atoms. The van der Waals surface area contributed by atoms with E-state index in [4.69, 9.17) is 9.90 Å². The number of sulfone groups is 1. The molecule has 2 atom stereocenters. The standard InChI is InChI=1S/C28H35N5O6S.C2HF3O2/c1-40(38,39)13-11-25(28(36)37)31-26(34)18-32(16-21-8-4-7-20-6-2-3-10-24(20)21)17-23-9-5-12-33(23)27(35)14-22-15-29-19-30-22;3-2(4,5)1(6)7/h2-4,6-8,10,15,19,23,25H,5,9,11-14,16-18H2,1H3,(H,29,30)(H,31,34)(H,36,37);(H,6,7)/t23-,25-;/m0./s1. The fourth-order valence-electron chi connectivity index (χ4n) is 5.19. The van der Waals surface area contributed by atoms with Crippen molar-refractivity contribution in [3.05, 3.63) is 66.2 Å². The van der Waals surface area contributed by atoms with Gasteiger partial charge in [0.2, 0.25) is 11.8 Å². The number of H-pyrrole nitrogens is 1. The molecule has 4 N–H and O–H groups in total. The maximum absolute atomic E-state index is 13.1. The molecule has 1 fully saturated rings. The number of nitrogens with zero attached hydrogens (tertiary/aromatic N) is 3. The highest BCUT2D eigenvalue weighted by Gasteiger charge is 2.38. The van der Waals surface area contributed by atoms with Crippen LogP contribution >= 0.6 is 0 Å². The molecule has 4 rings (SSSR count). The highest BCUT2D eigenvalue weighted by Crippen LogP contribution is 2.23. The molecule has 13 nitrogen and oxygen atoms in total. The van der Waals surface area contributed by atoms with E-state index in [1.165, 1.54) is 6.33 Å². The third-order valence-electron chi connectivity index (χ3n) is 7.36. The minimum absolute atomic E-state index is 0.0203. The van der Waals surface area contributed by atoms with Crippen molar-refractivity contribution in [1.29, 1.82) is 0 Å². The molecule has 1 aromatic heterocycles. The molecule has 0 unspecified atom stereocenters. The molecule has 0 spiro atoms. The predicted octanol–water partition coefficient (Wildman–Crippen LogP) is 2.24. The van der Waals surface area contributed by atoms with Gasteiger partial charge in [-0.05, 0) is 35.6 Å². The quantitative estimate of drug-likeness (QED) is 0.208. The van der Waals surface area contributed by atoms with Crippen LogP contribution in [-0.4, -0.2) is 112 Å². The molecule has 2 aromatic carbocycles. The molecular formula is C30H36F3N5O8S. The first-order valence-electron chi connectivity index (χ1n) is 14.5. The van der Waals surface area contributed by atoms with E-state index in [0.717, 1.165) is 41.1 Å². The molecule has 2 amide bonds. The first kappa shape index (κ1) is 37.0. The molecular weight excluding hydrogens is 647 g/mol. The summed E-state index contributed by atoms with van der Waals surface area (Å²) < 4.78 is 54.9. The number of aromatic nitrogens is 2. The van der Waals surface area contributed by atoms with Crippen molar-refractivity contribution in [2.75, 3.05) is 31.6 Å². The monoisotopic (exact) mass is 683 g/mol. The second-order valence-corrected chi connectivity index (χ2v) is 13.4. The lowest BCUT2D eigenvalue weighted by molar-refractivity contribution is -0.192. The van der Waals surface area contributed by atoms with Crippen LogP contribution < -0.4 is 5.32 Å². The summed E-state index contributed by atoms with van der Waals surface area (Å²) in [7, 11) is -3.39. The van der Waals surface area contributed by atoms with Crippen molar-refractivity contribution < 1.29 is 51.0 Å². The maximum atomic E-state index is 13.1. The number of carboxylic acid groups (broad SMARTS) is 2. The fraction of sp³-hybridized carbons (Fsp3) is 0.433. The summed E-state index contributed by atoms with van der Waals surface area (Å²) in [4.78, 5) is 57.5. The number of benzene rings is 2. The maximum Gasteiger partial charge on any atom is 0.490 e. The Labute approximate surface area is 268 Å². The Hall–Kier alpha value is -4.51. The van der Waals surface area contributed by atoms with Crippen molar-refractivity contribution in [2.24, 2.45) is 0 Å². The minimum Gasteiger partial charge on any atom is -0.480 e. The number of imidazole rings is 1. The zero-order valence-electron chi connectivity index (χ0n) is 25.4. The third kappa shape index (κ3) is 12.0. The second-order valence-electron chi connectivity index (χ2n) is 11.1. The van der Waals surface area contributed by atoms with Gasteiger partial charge in [-0.15, -0.1) is 0 Å². The molecule has 1 saturated heterocycles. The van der Waals surface area contributed by atoms with Crippen LogP contribution in [0.1, 0.15) is 30.5 Å².